The number of fused-ring (bicyclic) bond motifs is 2. The molecule has 0 bridgehead atoms. The second-order valence-electron chi connectivity index (χ2n) is 6.35. The molecule has 4 N–H and O–H groups in total. The second-order valence-corrected chi connectivity index (χ2v) is 7.27. The number of nitrogens with one attached hydrogen (secondary N) is 2. The number of carbonyl (C=O) groups is 1. The topological polar surface area (TPSA) is 83.9 Å². The zero-order valence-electron chi connectivity index (χ0n) is 15.3. The lowest BCUT2D eigenvalue weighted by atomic mass is 10.1. The molecule has 2 heterocycles. The third kappa shape index (κ3) is 4.40. The molecule has 6 heteroatoms. The summed E-state index contributed by atoms with van der Waals surface area (Å²) in [6.45, 7) is 2.10. The van der Waals surface area contributed by atoms with E-state index in [9.17, 15) is 4.79 Å². The molecule has 4 rings (SSSR count). The van der Waals surface area contributed by atoms with Gasteiger partial charge in [0.25, 0.3) is 0 Å². The Morgan fingerprint density at radius 1 is 1.11 bits per heavy atom. The Labute approximate surface area is 166 Å². The standard InChI is InChI=1S/C12H14N2O2.C9H8BrN/c1-16-12(15)10(13)6-8-7-14-11-5-3-2-4-9(8)11;1-6-5-11-9-4-7(10)2-3-8(6)9/h2-5,7,10,14H,6,13H2,1H3;2-5,11H,1H3/t10-;/m0./s1. The number of benzene rings is 2. The molecule has 140 valence electrons. The van der Waals surface area contributed by atoms with Crippen LogP contribution in [-0.2, 0) is 16.0 Å². The highest BCUT2D eigenvalue weighted by Gasteiger charge is 2.16. The Morgan fingerprint density at radius 2 is 1.85 bits per heavy atom. The Kier molecular flexibility index (Phi) is 5.98. The van der Waals surface area contributed by atoms with Crippen molar-refractivity contribution in [1.29, 1.82) is 0 Å². The van der Waals surface area contributed by atoms with Crippen LogP contribution in [0.25, 0.3) is 21.8 Å². The average Bonchev–Trinajstić information content (AvgIpc) is 3.25. The molecule has 4 aromatic rings. The van der Waals surface area contributed by atoms with Gasteiger partial charge in [0, 0.05) is 45.1 Å². The summed E-state index contributed by atoms with van der Waals surface area (Å²) in [6, 6.07) is 13.6. The van der Waals surface area contributed by atoms with Crippen LogP contribution in [0.5, 0.6) is 0 Å². The van der Waals surface area contributed by atoms with Gasteiger partial charge in [-0.15, -0.1) is 0 Å². The molecule has 0 amide bonds. The number of aromatic amines is 2. The summed E-state index contributed by atoms with van der Waals surface area (Å²) in [4.78, 5) is 17.6. The fourth-order valence-corrected chi connectivity index (χ4v) is 3.38. The van der Waals surface area contributed by atoms with Gasteiger partial charge in [-0.2, -0.15) is 0 Å². The molecule has 0 aliphatic carbocycles. The van der Waals surface area contributed by atoms with Crippen LogP contribution in [0.15, 0.2) is 59.3 Å². The van der Waals surface area contributed by atoms with Crippen LogP contribution in [0.4, 0.5) is 0 Å². The third-order valence-electron chi connectivity index (χ3n) is 4.47. The minimum Gasteiger partial charge on any atom is -0.468 e. The van der Waals surface area contributed by atoms with Crippen molar-refractivity contribution in [2.45, 2.75) is 19.4 Å². The summed E-state index contributed by atoms with van der Waals surface area (Å²) in [5, 5.41) is 2.40. The van der Waals surface area contributed by atoms with E-state index in [0.717, 1.165) is 20.9 Å². The smallest absolute Gasteiger partial charge is 0.322 e. The van der Waals surface area contributed by atoms with Gasteiger partial charge < -0.3 is 20.4 Å². The maximum Gasteiger partial charge on any atom is 0.322 e. The molecular formula is C21H22BrN3O2. The van der Waals surface area contributed by atoms with Gasteiger partial charge in [-0.1, -0.05) is 40.2 Å². The monoisotopic (exact) mass is 427 g/mol. The lowest BCUT2D eigenvalue weighted by Crippen LogP contribution is -2.33. The Bertz CT molecular complexity index is 1070. The molecule has 0 radical (unpaired) electrons. The van der Waals surface area contributed by atoms with E-state index in [-0.39, 0.29) is 5.97 Å². The molecule has 0 spiro atoms. The van der Waals surface area contributed by atoms with Crippen LogP contribution in [0.1, 0.15) is 11.1 Å². The summed E-state index contributed by atoms with van der Waals surface area (Å²) in [5.41, 5.74) is 10.3. The maximum atomic E-state index is 11.2. The highest BCUT2D eigenvalue weighted by atomic mass is 79.9. The first-order valence-electron chi connectivity index (χ1n) is 8.61. The van der Waals surface area contributed by atoms with Gasteiger partial charge in [0.1, 0.15) is 6.04 Å². The van der Waals surface area contributed by atoms with Gasteiger partial charge in [0.05, 0.1) is 7.11 Å². The van der Waals surface area contributed by atoms with E-state index in [2.05, 4.69) is 55.8 Å². The predicted molar refractivity (Wildman–Crippen MR) is 113 cm³/mol. The summed E-state index contributed by atoms with van der Waals surface area (Å²) in [6.07, 6.45) is 4.39. The van der Waals surface area contributed by atoms with Gasteiger partial charge in [0.15, 0.2) is 0 Å². The second kappa shape index (κ2) is 8.41. The molecular weight excluding hydrogens is 406 g/mol. The lowest BCUT2D eigenvalue weighted by Gasteiger charge is -2.07. The molecule has 0 fully saturated rings. The number of hydrogen-bond donors (Lipinski definition) is 3. The zero-order chi connectivity index (χ0) is 19.4. The fraction of sp³-hybridized carbons (Fsp3) is 0.190. The number of carbonyl (C=O) groups excluding carboxylic acids is 1. The number of nitrogens with two attached hydrogens (primary N) is 1. The number of ether oxygens (including phenoxy) is 1. The van der Waals surface area contributed by atoms with Crippen molar-refractivity contribution in [3.8, 4) is 0 Å². The first-order chi connectivity index (χ1) is 13.0. The van der Waals surface area contributed by atoms with Crippen molar-refractivity contribution in [2.24, 2.45) is 5.73 Å². The van der Waals surface area contributed by atoms with E-state index in [1.807, 2.05) is 36.7 Å². The summed E-state index contributed by atoms with van der Waals surface area (Å²) in [5.74, 6) is -0.384. The number of H-pyrrole nitrogens is 2. The van der Waals surface area contributed by atoms with Crippen LogP contribution < -0.4 is 5.73 Å². The van der Waals surface area contributed by atoms with Crippen molar-refractivity contribution in [1.82, 2.24) is 9.97 Å². The average molecular weight is 428 g/mol. The summed E-state index contributed by atoms with van der Waals surface area (Å²) < 4.78 is 5.72. The number of hydrogen-bond acceptors (Lipinski definition) is 3. The zero-order valence-corrected chi connectivity index (χ0v) is 16.8. The lowest BCUT2D eigenvalue weighted by molar-refractivity contribution is -0.142. The van der Waals surface area contributed by atoms with Gasteiger partial charge in [-0.25, -0.2) is 0 Å². The number of esters is 1. The Morgan fingerprint density at radius 3 is 2.63 bits per heavy atom. The molecule has 1 atom stereocenters. The van der Waals surface area contributed by atoms with E-state index in [4.69, 9.17) is 5.73 Å². The van der Waals surface area contributed by atoms with Crippen LogP contribution in [-0.4, -0.2) is 29.1 Å². The van der Waals surface area contributed by atoms with Crippen LogP contribution in [0.3, 0.4) is 0 Å². The van der Waals surface area contributed by atoms with Crippen LogP contribution >= 0.6 is 15.9 Å². The molecule has 2 aromatic heterocycles. The SMILES string of the molecule is COC(=O)[C@@H](N)Cc1c[nH]c2ccccc12.Cc1c[nH]c2cc(Br)ccc12. The van der Waals surface area contributed by atoms with Gasteiger partial charge >= 0.3 is 5.97 Å². The van der Waals surface area contributed by atoms with E-state index in [0.29, 0.717) is 6.42 Å². The minimum atomic E-state index is -0.607. The largest absolute Gasteiger partial charge is 0.468 e. The number of methoxy groups -OCH3 is 1. The maximum absolute atomic E-state index is 11.2. The fourth-order valence-electron chi connectivity index (χ4n) is 3.02. The first kappa shape index (κ1) is 19.2. The molecule has 2 aromatic carbocycles. The minimum absolute atomic E-state index is 0.384. The molecule has 0 saturated carbocycles. The number of rotatable bonds is 3. The molecule has 0 aliphatic rings. The Balaban J connectivity index is 0.000000166. The van der Waals surface area contributed by atoms with Crippen molar-refractivity contribution < 1.29 is 9.53 Å². The molecule has 0 saturated heterocycles. The van der Waals surface area contributed by atoms with Crippen LogP contribution in [0.2, 0.25) is 0 Å². The summed E-state index contributed by atoms with van der Waals surface area (Å²) in [7, 11) is 1.34. The molecule has 5 nitrogen and oxygen atoms in total. The van der Waals surface area contributed by atoms with Crippen molar-refractivity contribution in [3.63, 3.8) is 0 Å². The Hall–Kier alpha value is -2.57. The van der Waals surface area contributed by atoms with Gasteiger partial charge in [0.2, 0.25) is 0 Å². The number of aromatic nitrogens is 2. The van der Waals surface area contributed by atoms with E-state index in [1.54, 1.807) is 0 Å². The molecule has 0 aliphatic heterocycles. The summed E-state index contributed by atoms with van der Waals surface area (Å²) >= 11 is 3.42. The first-order valence-corrected chi connectivity index (χ1v) is 9.40. The van der Waals surface area contributed by atoms with Crippen molar-refractivity contribution in [3.05, 3.63) is 70.5 Å². The van der Waals surface area contributed by atoms with Gasteiger partial charge in [-0.05, 0) is 36.2 Å². The van der Waals surface area contributed by atoms with E-state index >= 15 is 0 Å². The van der Waals surface area contributed by atoms with E-state index in [1.165, 1.54) is 23.6 Å². The number of aryl methyl sites for hydroxylation is 1. The molecule has 0 unspecified atom stereocenters. The third-order valence-corrected chi connectivity index (χ3v) is 4.96. The van der Waals surface area contributed by atoms with Crippen molar-refractivity contribution in [2.75, 3.05) is 7.11 Å². The van der Waals surface area contributed by atoms with E-state index < -0.39 is 6.04 Å². The normalized spacial score (nSPS) is 11.9. The van der Waals surface area contributed by atoms with Crippen LogP contribution in [0, 0.1) is 6.92 Å². The highest BCUT2D eigenvalue weighted by molar-refractivity contribution is 9.10. The predicted octanol–water partition coefficient (Wildman–Crippen LogP) is 4.45. The molecule has 27 heavy (non-hydrogen) atoms. The van der Waals surface area contributed by atoms with Crippen molar-refractivity contribution >= 4 is 43.7 Å². The number of para-hydroxylation sites is 1. The van der Waals surface area contributed by atoms with Gasteiger partial charge in [-0.3, -0.25) is 4.79 Å². The number of halogens is 1. The highest BCUT2D eigenvalue weighted by Crippen LogP contribution is 2.21. The quantitative estimate of drug-likeness (QED) is 0.422.